The minimum absolute atomic E-state index is 0.0846. The average molecular weight is 342 g/mol. The summed E-state index contributed by atoms with van der Waals surface area (Å²) in [5, 5.41) is 5.71. The zero-order valence-electron chi connectivity index (χ0n) is 13.7. The van der Waals surface area contributed by atoms with Crippen LogP contribution < -0.4 is 15.4 Å². The molecule has 0 bridgehead atoms. The Labute approximate surface area is 143 Å². The maximum Gasteiger partial charge on any atom is 0.229 e. The lowest BCUT2D eigenvalue weighted by Gasteiger charge is -2.13. The molecule has 0 atom stereocenters. The maximum absolute atomic E-state index is 13.8. The van der Waals surface area contributed by atoms with Gasteiger partial charge in [-0.25, -0.2) is 13.8 Å². The van der Waals surface area contributed by atoms with Gasteiger partial charge in [-0.05, 0) is 31.2 Å². The van der Waals surface area contributed by atoms with Gasteiger partial charge in [0.2, 0.25) is 5.95 Å². The highest BCUT2D eigenvalue weighted by Crippen LogP contribution is 2.27. The number of ether oxygens (including phenoxy) is 1. The number of hydrogen-bond donors (Lipinski definition) is 2. The monoisotopic (exact) mass is 342 g/mol. The Morgan fingerprint density at radius 2 is 1.64 bits per heavy atom. The number of hydrogen-bond acceptors (Lipinski definition) is 5. The van der Waals surface area contributed by atoms with Gasteiger partial charge in [0.15, 0.2) is 0 Å². The van der Waals surface area contributed by atoms with Crippen LogP contribution in [0.3, 0.4) is 0 Å². The van der Waals surface area contributed by atoms with Gasteiger partial charge in [-0.3, -0.25) is 0 Å². The van der Waals surface area contributed by atoms with Gasteiger partial charge in [0.1, 0.15) is 28.9 Å². The van der Waals surface area contributed by atoms with Crippen molar-refractivity contribution in [1.82, 2.24) is 9.97 Å². The fraction of sp³-hybridized carbons (Fsp3) is 0.111. The number of anilines is 4. The number of para-hydroxylation sites is 3. The third-order valence-electron chi connectivity index (χ3n) is 3.42. The summed E-state index contributed by atoms with van der Waals surface area (Å²) in [5.41, 5.74) is 1.05. The van der Waals surface area contributed by atoms with Crippen LogP contribution in [0, 0.1) is 18.6 Å². The molecule has 0 aliphatic heterocycles. The molecular formula is C18H16F2N4O. The molecule has 3 aromatic rings. The maximum atomic E-state index is 13.8. The minimum Gasteiger partial charge on any atom is -0.495 e. The first-order chi connectivity index (χ1) is 12.1. The molecule has 0 aliphatic rings. The molecule has 1 aromatic heterocycles. The van der Waals surface area contributed by atoms with E-state index in [2.05, 4.69) is 20.6 Å². The standard InChI is InChI=1S/C18H16F2N4O/c1-11-10-16(22-14-8-3-4-9-15(14)25-2)23-18(21-11)24-17-12(19)6-5-7-13(17)20/h3-10H,1-2H3,(H2,21,22,23,24). The average Bonchev–Trinajstić information content (AvgIpc) is 2.58. The predicted octanol–water partition coefficient (Wildman–Crippen LogP) is 4.56. The van der Waals surface area contributed by atoms with Crippen LogP contribution >= 0.6 is 0 Å². The Kier molecular flexibility index (Phi) is 4.74. The number of benzene rings is 2. The van der Waals surface area contributed by atoms with Crippen molar-refractivity contribution in [2.75, 3.05) is 17.7 Å². The first-order valence-electron chi connectivity index (χ1n) is 7.53. The van der Waals surface area contributed by atoms with Gasteiger partial charge in [0, 0.05) is 11.8 Å². The molecule has 0 spiro atoms. The van der Waals surface area contributed by atoms with Crippen molar-refractivity contribution < 1.29 is 13.5 Å². The van der Waals surface area contributed by atoms with Gasteiger partial charge in [0.25, 0.3) is 0 Å². The van der Waals surface area contributed by atoms with Crippen molar-refractivity contribution >= 4 is 23.1 Å². The number of aryl methyl sites for hydroxylation is 1. The van der Waals surface area contributed by atoms with E-state index in [1.807, 2.05) is 24.3 Å². The van der Waals surface area contributed by atoms with Crippen molar-refractivity contribution in [1.29, 1.82) is 0 Å². The summed E-state index contributed by atoms with van der Waals surface area (Å²) in [6.45, 7) is 1.76. The van der Waals surface area contributed by atoms with Gasteiger partial charge in [-0.2, -0.15) is 4.98 Å². The Morgan fingerprint density at radius 3 is 2.36 bits per heavy atom. The Hall–Kier alpha value is -3.22. The molecule has 0 saturated carbocycles. The molecule has 7 heteroatoms. The lowest BCUT2D eigenvalue weighted by molar-refractivity contribution is 0.417. The molecule has 3 rings (SSSR count). The predicted molar refractivity (Wildman–Crippen MR) is 92.7 cm³/mol. The van der Waals surface area contributed by atoms with E-state index in [4.69, 9.17) is 4.74 Å². The van der Waals surface area contributed by atoms with Gasteiger partial charge in [-0.1, -0.05) is 18.2 Å². The molecule has 0 amide bonds. The Balaban J connectivity index is 1.91. The van der Waals surface area contributed by atoms with E-state index < -0.39 is 11.6 Å². The van der Waals surface area contributed by atoms with E-state index in [-0.39, 0.29) is 11.6 Å². The van der Waals surface area contributed by atoms with Crippen LogP contribution in [0.15, 0.2) is 48.5 Å². The topological polar surface area (TPSA) is 59.1 Å². The summed E-state index contributed by atoms with van der Waals surface area (Å²) in [4.78, 5) is 8.43. The third-order valence-corrected chi connectivity index (χ3v) is 3.42. The van der Waals surface area contributed by atoms with Gasteiger partial charge < -0.3 is 15.4 Å². The summed E-state index contributed by atoms with van der Waals surface area (Å²) in [7, 11) is 1.57. The highest BCUT2D eigenvalue weighted by Gasteiger charge is 2.11. The van der Waals surface area contributed by atoms with E-state index >= 15 is 0 Å². The van der Waals surface area contributed by atoms with Crippen LogP contribution in [0.5, 0.6) is 5.75 Å². The SMILES string of the molecule is COc1ccccc1Nc1cc(C)nc(Nc2c(F)cccc2F)n1. The molecule has 0 unspecified atom stereocenters. The first kappa shape index (κ1) is 16.6. The number of methoxy groups -OCH3 is 1. The highest BCUT2D eigenvalue weighted by molar-refractivity contribution is 5.65. The summed E-state index contributed by atoms with van der Waals surface area (Å²) in [6, 6.07) is 12.7. The molecule has 25 heavy (non-hydrogen) atoms. The van der Waals surface area contributed by atoms with Crippen LogP contribution in [0.1, 0.15) is 5.69 Å². The molecular weight excluding hydrogens is 326 g/mol. The molecule has 128 valence electrons. The number of nitrogens with one attached hydrogen (secondary N) is 2. The van der Waals surface area contributed by atoms with E-state index in [0.717, 1.165) is 12.1 Å². The summed E-state index contributed by atoms with van der Waals surface area (Å²) < 4.78 is 32.9. The quantitative estimate of drug-likeness (QED) is 0.712. The summed E-state index contributed by atoms with van der Waals surface area (Å²) in [5.74, 6) is -0.236. The Morgan fingerprint density at radius 1 is 0.920 bits per heavy atom. The third kappa shape index (κ3) is 3.82. The Bertz CT molecular complexity index is 882. The second-order valence-electron chi connectivity index (χ2n) is 5.27. The highest BCUT2D eigenvalue weighted by atomic mass is 19.1. The van der Waals surface area contributed by atoms with E-state index in [0.29, 0.717) is 22.9 Å². The van der Waals surface area contributed by atoms with Gasteiger partial charge in [0.05, 0.1) is 12.8 Å². The smallest absolute Gasteiger partial charge is 0.229 e. The lowest BCUT2D eigenvalue weighted by atomic mass is 10.3. The molecule has 1 heterocycles. The fourth-order valence-corrected chi connectivity index (χ4v) is 2.30. The molecule has 0 fully saturated rings. The van der Waals surface area contributed by atoms with E-state index in [9.17, 15) is 8.78 Å². The molecule has 5 nitrogen and oxygen atoms in total. The molecule has 0 radical (unpaired) electrons. The second-order valence-corrected chi connectivity index (χ2v) is 5.27. The summed E-state index contributed by atoms with van der Waals surface area (Å²) in [6.07, 6.45) is 0. The van der Waals surface area contributed by atoms with Crippen molar-refractivity contribution in [3.63, 3.8) is 0 Å². The number of halogens is 2. The minimum atomic E-state index is -0.718. The van der Waals surface area contributed by atoms with Crippen LogP contribution in [-0.4, -0.2) is 17.1 Å². The van der Waals surface area contributed by atoms with Gasteiger partial charge >= 0.3 is 0 Å². The number of aromatic nitrogens is 2. The molecule has 2 N–H and O–H groups in total. The number of nitrogens with zero attached hydrogens (tertiary/aromatic N) is 2. The first-order valence-corrected chi connectivity index (χ1v) is 7.53. The van der Waals surface area contributed by atoms with E-state index in [1.165, 1.54) is 6.07 Å². The largest absolute Gasteiger partial charge is 0.495 e. The van der Waals surface area contributed by atoms with Crippen molar-refractivity contribution in [3.8, 4) is 5.75 Å². The summed E-state index contributed by atoms with van der Waals surface area (Å²) >= 11 is 0. The molecule has 2 aromatic carbocycles. The second kappa shape index (κ2) is 7.12. The van der Waals surface area contributed by atoms with Crippen molar-refractivity contribution in [2.45, 2.75) is 6.92 Å². The van der Waals surface area contributed by atoms with Crippen LogP contribution in [0.2, 0.25) is 0 Å². The van der Waals surface area contributed by atoms with Crippen LogP contribution in [-0.2, 0) is 0 Å². The zero-order valence-corrected chi connectivity index (χ0v) is 13.7. The fourth-order valence-electron chi connectivity index (χ4n) is 2.30. The van der Waals surface area contributed by atoms with Crippen LogP contribution in [0.25, 0.3) is 0 Å². The number of rotatable bonds is 5. The normalized spacial score (nSPS) is 10.4. The van der Waals surface area contributed by atoms with Gasteiger partial charge in [-0.15, -0.1) is 0 Å². The van der Waals surface area contributed by atoms with Crippen LogP contribution in [0.4, 0.5) is 31.9 Å². The lowest BCUT2D eigenvalue weighted by Crippen LogP contribution is -2.05. The van der Waals surface area contributed by atoms with Crippen molar-refractivity contribution in [3.05, 3.63) is 65.9 Å². The zero-order chi connectivity index (χ0) is 17.8. The van der Waals surface area contributed by atoms with Crippen molar-refractivity contribution in [2.24, 2.45) is 0 Å². The molecule has 0 saturated heterocycles. The van der Waals surface area contributed by atoms with E-state index in [1.54, 1.807) is 20.1 Å². The molecule has 0 aliphatic carbocycles.